The molecule has 18 heavy (non-hydrogen) atoms. The summed E-state index contributed by atoms with van der Waals surface area (Å²) in [5.41, 5.74) is 6.13. The molecular formula is C9H9ClN4O2S2. The lowest BCUT2D eigenvalue weighted by Gasteiger charge is -2.03. The van der Waals surface area contributed by atoms with Gasteiger partial charge in [-0.15, -0.1) is 10.2 Å². The molecule has 0 aliphatic carbocycles. The highest BCUT2D eigenvalue weighted by Crippen LogP contribution is 2.17. The summed E-state index contributed by atoms with van der Waals surface area (Å²) in [7, 11) is -3.67. The summed E-state index contributed by atoms with van der Waals surface area (Å²) in [6, 6.07) is 6.85. The molecule has 0 unspecified atom stereocenters. The van der Waals surface area contributed by atoms with Gasteiger partial charge in [0.2, 0.25) is 9.47 Å². The Labute approximate surface area is 113 Å². The molecular weight excluding hydrogens is 296 g/mol. The number of benzene rings is 1. The second kappa shape index (κ2) is 5.19. The van der Waals surface area contributed by atoms with Gasteiger partial charge in [-0.3, -0.25) is 0 Å². The zero-order chi connectivity index (χ0) is 13.2. The van der Waals surface area contributed by atoms with Crippen LogP contribution in [0.4, 0.5) is 5.13 Å². The Balaban J connectivity index is 2.08. The highest BCUT2D eigenvalue weighted by molar-refractivity contribution is 7.91. The third-order valence-electron chi connectivity index (χ3n) is 2.03. The van der Waals surface area contributed by atoms with Crippen LogP contribution in [0.3, 0.4) is 0 Å². The number of rotatable bonds is 4. The third kappa shape index (κ3) is 3.16. The third-order valence-corrected chi connectivity index (χ3v) is 4.80. The van der Waals surface area contributed by atoms with E-state index >= 15 is 0 Å². The minimum atomic E-state index is -3.67. The van der Waals surface area contributed by atoms with E-state index in [1.54, 1.807) is 24.3 Å². The topological polar surface area (TPSA) is 98.0 Å². The van der Waals surface area contributed by atoms with Crippen LogP contribution in [0.15, 0.2) is 28.6 Å². The van der Waals surface area contributed by atoms with Crippen LogP contribution in [0.5, 0.6) is 0 Å². The number of aromatic nitrogens is 2. The molecule has 0 atom stereocenters. The molecule has 0 aliphatic heterocycles. The first-order valence-corrected chi connectivity index (χ1v) is 7.48. The van der Waals surface area contributed by atoms with E-state index < -0.39 is 10.0 Å². The Morgan fingerprint density at radius 3 is 2.50 bits per heavy atom. The van der Waals surface area contributed by atoms with E-state index in [0.717, 1.165) is 16.9 Å². The quantitative estimate of drug-likeness (QED) is 0.886. The molecule has 0 fully saturated rings. The number of halogens is 1. The van der Waals surface area contributed by atoms with Crippen LogP contribution < -0.4 is 10.5 Å². The maximum absolute atomic E-state index is 11.8. The van der Waals surface area contributed by atoms with Crippen molar-refractivity contribution in [2.45, 2.75) is 10.9 Å². The minimum absolute atomic E-state index is 0.113. The molecule has 1 aromatic carbocycles. The highest BCUT2D eigenvalue weighted by atomic mass is 35.5. The predicted molar refractivity (Wildman–Crippen MR) is 69.8 cm³/mol. The van der Waals surface area contributed by atoms with Crippen molar-refractivity contribution in [1.82, 2.24) is 14.9 Å². The van der Waals surface area contributed by atoms with Gasteiger partial charge in [0, 0.05) is 11.6 Å². The van der Waals surface area contributed by atoms with Gasteiger partial charge < -0.3 is 5.73 Å². The van der Waals surface area contributed by atoms with Crippen LogP contribution in [-0.2, 0) is 16.6 Å². The first kappa shape index (κ1) is 13.2. The molecule has 96 valence electrons. The SMILES string of the molecule is Nc1nnc(S(=O)(=O)NCc2ccc(Cl)cc2)s1. The standard InChI is InChI=1S/C9H9ClN4O2S2/c10-7-3-1-6(2-4-7)5-12-18(15,16)9-14-13-8(11)17-9/h1-4,12H,5H2,(H2,11,13). The van der Waals surface area contributed by atoms with Crippen molar-refractivity contribution in [3.05, 3.63) is 34.9 Å². The summed E-state index contributed by atoms with van der Waals surface area (Å²) in [6.45, 7) is 0.152. The molecule has 0 saturated heterocycles. The van der Waals surface area contributed by atoms with E-state index in [1.807, 2.05) is 0 Å². The van der Waals surface area contributed by atoms with Crippen LogP contribution in [0.2, 0.25) is 5.02 Å². The molecule has 1 heterocycles. The summed E-state index contributed by atoms with van der Waals surface area (Å²) < 4.78 is 25.9. The fraction of sp³-hybridized carbons (Fsp3) is 0.111. The van der Waals surface area contributed by atoms with E-state index in [2.05, 4.69) is 14.9 Å². The van der Waals surface area contributed by atoms with E-state index in [0.29, 0.717) is 5.02 Å². The monoisotopic (exact) mass is 304 g/mol. The van der Waals surface area contributed by atoms with E-state index in [4.69, 9.17) is 17.3 Å². The number of hydrogen-bond donors (Lipinski definition) is 2. The van der Waals surface area contributed by atoms with Gasteiger partial charge in [-0.25, -0.2) is 13.1 Å². The summed E-state index contributed by atoms with van der Waals surface area (Å²) in [5, 5.41) is 7.65. The number of nitrogens with one attached hydrogen (secondary N) is 1. The lowest BCUT2D eigenvalue weighted by molar-refractivity contribution is 0.579. The highest BCUT2D eigenvalue weighted by Gasteiger charge is 2.18. The van der Waals surface area contributed by atoms with Crippen molar-refractivity contribution < 1.29 is 8.42 Å². The summed E-state index contributed by atoms with van der Waals surface area (Å²) in [4.78, 5) is 0. The average molecular weight is 305 g/mol. The van der Waals surface area contributed by atoms with E-state index in [-0.39, 0.29) is 16.0 Å². The summed E-state index contributed by atoms with van der Waals surface area (Å²) in [5.74, 6) is 0. The van der Waals surface area contributed by atoms with Crippen molar-refractivity contribution in [2.75, 3.05) is 5.73 Å². The zero-order valence-corrected chi connectivity index (χ0v) is 11.4. The Morgan fingerprint density at radius 2 is 1.94 bits per heavy atom. The van der Waals surface area contributed by atoms with Crippen molar-refractivity contribution in [2.24, 2.45) is 0 Å². The number of hydrogen-bond acceptors (Lipinski definition) is 6. The van der Waals surface area contributed by atoms with Crippen LogP contribution in [-0.4, -0.2) is 18.6 Å². The van der Waals surface area contributed by atoms with Gasteiger partial charge in [0.1, 0.15) is 0 Å². The number of sulfonamides is 1. The molecule has 0 saturated carbocycles. The molecule has 1 aromatic heterocycles. The molecule has 6 nitrogen and oxygen atoms in total. The molecule has 3 N–H and O–H groups in total. The van der Waals surface area contributed by atoms with E-state index in [9.17, 15) is 8.42 Å². The fourth-order valence-electron chi connectivity index (χ4n) is 1.17. The van der Waals surface area contributed by atoms with Crippen molar-refractivity contribution >= 4 is 38.1 Å². The fourth-order valence-corrected chi connectivity index (χ4v) is 3.14. The van der Waals surface area contributed by atoms with Gasteiger partial charge in [0.05, 0.1) is 0 Å². The van der Waals surface area contributed by atoms with Gasteiger partial charge in [-0.2, -0.15) is 0 Å². The number of nitrogen functional groups attached to an aromatic ring is 1. The Bertz CT molecular complexity index is 639. The second-order valence-electron chi connectivity index (χ2n) is 3.36. The predicted octanol–water partition coefficient (Wildman–Crippen LogP) is 1.25. The van der Waals surface area contributed by atoms with Crippen molar-refractivity contribution in [3.63, 3.8) is 0 Å². The summed E-state index contributed by atoms with van der Waals surface area (Å²) in [6.07, 6.45) is 0. The molecule has 0 bridgehead atoms. The van der Waals surface area contributed by atoms with Crippen LogP contribution >= 0.6 is 22.9 Å². The Kier molecular flexibility index (Phi) is 3.81. The maximum atomic E-state index is 11.8. The van der Waals surface area contributed by atoms with Crippen LogP contribution in [0.25, 0.3) is 0 Å². The second-order valence-corrected chi connectivity index (χ2v) is 6.74. The van der Waals surface area contributed by atoms with Crippen molar-refractivity contribution in [1.29, 1.82) is 0 Å². The van der Waals surface area contributed by atoms with Crippen molar-refractivity contribution in [3.8, 4) is 0 Å². The molecule has 0 amide bonds. The number of anilines is 1. The minimum Gasteiger partial charge on any atom is -0.374 e. The van der Waals surface area contributed by atoms with E-state index in [1.165, 1.54) is 0 Å². The molecule has 2 aromatic rings. The van der Waals surface area contributed by atoms with Gasteiger partial charge in [-0.1, -0.05) is 35.1 Å². The number of nitrogens with zero attached hydrogens (tertiary/aromatic N) is 2. The Morgan fingerprint density at radius 1 is 1.28 bits per heavy atom. The smallest absolute Gasteiger partial charge is 0.270 e. The molecule has 0 aliphatic rings. The average Bonchev–Trinajstić information content (AvgIpc) is 2.76. The van der Waals surface area contributed by atoms with Crippen LogP contribution in [0.1, 0.15) is 5.56 Å². The summed E-state index contributed by atoms with van der Waals surface area (Å²) >= 11 is 6.55. The normalized spacial score (nSPS) is 11.6. The zero-order valence-electron chi connectivity index (χ0n) is 9.00. The first-order valence-electron chi connectivity index (χ1n) is 4.80. The Hall–Kier alpha value is -1.22. The molecule has 2 rings (SSSR count). The first-order chi connectivity index (χ1) is 8.47. The lowest BCUT2D eigenvalue weighted by Crippen LogP contribution is -2.23. The largest absolute Gasteiger partial charge is 0.374 e. The molecule has 9 heteroatoms. The van der Waals surface area contributed by atoms with Gasteiger partial charge >= 0.3 is 0 Å². The molecule has 0 spiro atoms. The lowest BCUT2D eigenvalue weighted by atomic mass is 10.2. The van der Waals surface area contributed by atoms with Gasteiger partial charge in [-0.05, 0) is 17.7 Å². The van der Waals surface area contributed by atoms with Crippen LogP contribution in [0, 0.1) is 0 Å². The van der Waals surface area contributed by atoms with Gasteiger partial charge in [0.15, 0.2) is 0 Å². The number of nitrogens with two attached hydrogens (primary N) is 1. The van der Waals surface area contributed by atoms with Gasteiger partial charge in [0.25, 0.3) is 10.0 Å². The molecule has 0 radical (unpaired) electrons. The maximum Gasteiger partial charge on any atom is 0.270 e.